The number of aliphatic hydroxyl groups is 1. The summed E-state index contributed by atoms with van der Waals surface area (Å²) >= 11 is 0. The highest BCUT2D eigenvalue weighted by Gasteiger charge is 2.41. The maximum atomic E-state index is 12.2. The lowest BCUT2D eigenvalue weighted by Crippen LogP contribution is -2.58. The van der Waals surface area contributed by atoms with Gasteiger partial charge in [0.05, 0.1) is 24.9 Å². The van der Waals surface area contributed by atoms with E-state index >= 15 is 0 Å². The van der Waals surface area contributed by atoms with Gasteiger partial charge >= 0.3 is 0 Å². The third-order valence-corrected chi connectivity index (χ3v) is 3.55. The highest BCUT2D eigenvalue weighted by Crippen LogP contribution is 2.29. The zero-order valence-electron chi connectivity index (χ0n) is 9.93. The van der Waals surface area contributed by atoms with Crippen LogP contribution in [0.15, 0.2) is 0 Å². The number of nitrogens with zero attached hydrogens (tertiary/aromatic N) is 1. The second-order valence-corrected chi connectivity index (χ2v) is 4.79. The van der Waals surface area contributed by atoms with Crippen LogP contribution < -0.4 is 5.73 Å². The van der Waals surface area contributed by atoms with Gasteiger partial charge < -0.3 is 20.5 Å². The summed E-state index contributed by atoms with van der Waals surface area (Å²) in [5.41, 5.74) is 5.47. The SMILES string of the molecule is Cl.NC1(C(=O)N2CCOC(CO)C2)CCCC1. The molecule has 3 N–H and O–H groups in total. The fourth-order valence-electron chi connectivity index (χ4n) is 2.55. The molecule has 1 aliphatic carbocycles. The molecule has 0 bridgehead atoms. The number of halogens is 1. The molecule has 1 unspecified atom stereocenters. The van der Waals surface area contributed by atoms with Crippen molar-refractivity contribution < 1.29 is 14.6 Å². The van der Waals surface area contributed by atoms with E-state index in [9.17, 15) is 4.79 Å². The van der Waals surface area contributed by atoms with Gasteiger partial charge in [-0.1, -0.05) is 12.8 Å². The molecule has 0 spiro atoms. The summed E-state index contributed by atoms with van der Waals surface area (Å²) in [6.45, 7) is 1.51. The molecule has 1 saturated heterocycles. The second-order valence-electron chi connectivity index (χ2n) is 4.79. The van der Waals surface area contributed by atoms with E-state index in [1.165, 1.54) is 0 Å². The van der Waals surface area contributed by atoms with Crippen molar-refractivity contribution in [2.75, 3.05) is 26.3 Å². The maximum absolute atomic E-state index is 12.2. The maximum Gasteiger partial charge on any atom is 0.242 e. The van der Waals surface area contributed by atoms with Crippen molar-refractivity contribution in [3.8, 4) is 0 Å². The number of nitrogens with two attached hydrogens (primary N) is 1. The summed E-state index contributed by atoms with van der Waals surface area (Å²) in [5, 5.41) is 9.03. The van der Waals surface area contributed by atoms with Crippen molar-refractivity contribution in [3.63, 3.8) is 0 Å². The standard InChI is InChI=1S/C11H20N2O3.ClH/c12-11(3-1-2-4-11)10(15)13-5-6-16-9(7-13)8-14;/h9,14H,1-8,12H2;1H. The van der Waals surface area contributed by atoms with Gasteiger partial charge in [-0.05, 0) is 12.8 Å². The quantitative estimate of drug-likeness (QED) is 0.730. The molecule has 1 amide bonds. The molecule has 0 aromatic rings. The van der Waals surface area contributed by atoms with Gasteiger partial charge in [0.2, 0.25) is 5.91 Å². The van der Waals surface area contributed by atoms with E-state index in [-0.39, 0.29) is 31.0 Å². The molecular formula is C11H21ClN2O3. The van der Waals surface area contributed by atoms with Crippen molar-refractivity contribution in [2.24, 2.45) is 5.73 Å². The highest BCUT2D eigenvalue weighted by molar-refractivity contribution is 5.86. The zero-order valence-corrected chi connectivity index (χ0v) is 10.7. The van der Waals surface area contributed by atoms with Gasteiger partial charge in [0.1, 0.15) is 0 Å². The zero-order chi connectivity index (χ0) is 11.6. The first kappa shape index (κ1) is 14.7. The fourth-order valence-corrected chi connectivity index (χ4v) is 2.55. The van der Waals surface area contributed by atoms with E-state index in [0.717, 1.165) is 25.7 Å². The normalized spacial score (nSPS) is 27.6. The minimum Gasteiger partial charge on any atom is -0.394 e. The molecular weight excluding hydrogens is 244 g/mol. The number of morpholine rings is 1. The van der Waals surface area contributed by atoms with Gasteiger partial charge in [0.15, 0.2) is 0 Å². The number of hydrogen-bond acceptors (Lipinski definition) is 4. The van der Waals surface area contributed by atoms with Crippen molar-refractivity contribution >= 4 is 18.3 Å². The first-order valence-electron chi connectivity index (χ1n) is 5.96. The smallest absolute Gasteiger partial charge is 0.242 e. The average molecular weight is 265 g/mol. The topological polar surface area (TPSA) is 75.8 Å². The van der Waals surface area contributed by atoms with Crippen LogP contribution >= 0.6 is 12.4 Å². The average Bonchev–Trinajstić information content (AvgIpc) is 2.76. The molecule has 1 saturated carbocycles. The fraction of sp³-hybridized carbons (Fsp3) is 0.909. The lowest BCUT2D eigenvalue weighted by atomic mass is 9.97. The molecule has 2 fully saturated rings. The van der Waals surface area contributed by atoms with E-state index in [2.05, 4.69) is 0 Å². The third kappa shape index (κ3) is 3.10. The summed E-state index contributed by atoms with van der Waals surface area (Å²) in [6, 6.07) is 0. The molecule has 17 heavy (non-hydrogen) atoms. The molecule has 2 aliphatic rings. The minimum absolute atomic E-state index is 0. The van der Waals surface area contributed by atoms with E-state index in [4.69, 9.17) is 15.6 Å². The Hall–Kier alpha value is -0.360. The largest absolute Gasteiger partial charge is 0.394 e. The van der Waals surface area contributed by atoms with Gasteiger partial charge in [-0.15, -0.1) is 12.4 Å². The number of hydrogen-bond donors (Lipinski definition) is 2. The number of rotatable bonds is 2. The molecule has 0 aromatic heterocycles. The Morgan fingerprint density at radius 1 is 1.47 bits per heavy atom. The van der Waals surface area contributed by atoms with Gasteiger partial charge in [-0.2, -0.15) is 0 Å². The molecule has 0 radical (unpaired) electrons. The molecule has 1 atom stereocenters. The summed E-state index contributed by atoms with van der Waals surface area (Å²) in [6.07, 6.45) is 3.40. The van der Waals surface area contributed by atoms with Crippen LogP contribution in [0.4, 0.5) is 0 Å². The second kappa shape index (κ2) is 6.00. The lowest BCUT2D eigenvalue weighted by Gasteiger charge is -2.36. The van der Waals surface area contributed by atoms with Crippen LogP contribution in [-0.4, -0.2) is 53.9 Å². The summed E-state index contributed by atoms with van der Waals surface area (Å²) in [7, 11) is 0. The molecule has 0 aromatic carbocycles. The number of carbonyl (C=O) groups is 1. The minimum atomic E-state index is -0.655. The van der Waals surface area contributed by atoms with E-state index in [0.29, 0.717) is 19.7 Å². The van der Waals surface area contributed by atoms with Crippen LogP contribution in [0, 0.1) is 0 Å². The van der Waals surface area contributed by atoms with Crippen molar-refractivity contribution in [1.29, 1.82) is 0 Å². The van der Waals surface area contributed by atoms with Crippen molar-refractivity contribution in [1.82, 2.24) is 4.90 Å². The number of carbonyl (C=O) groups excluding carboxylic acids is 1. The van der Waals surface area contributed by atoms with Crippen molar-refractivity contribution in [2.45, 2.75) is 37.3 Å². The van der Waals surface area contributed by atoms with Crippen LogP contribution in [0.1, 0.15) is 25.7 Å². The number of amides is 1. The van der Waals surface area contributed by atoms with Crippen LogP contribution in [0.5, 0.6) is 0 Å². The summed E-state index contributed by atoms with van der Waals surface area (Å²) < 4.78 is 5.32. The Morgan fingerprint density at radius 2 is 2.12 bits per heavy atom. The molecule has 6 heteroatoms. The molecule has 100 valence electrons. The summed E-state index contributed by atoms with van der Waals surface area (Å²) in [4.78, 5) is 14.0. The predicted octanol–water partition coefficient (Wildman–Crippen LogP) is -0.101. The lowest BCUT2D eigenvalue weighted by molar-refractivity contribution is -0.145. The first-order chi connectivity index (χ1) is 7.65. The first-order valence-corrected chi connectivity index (χ1v) is 5.96. The Labute approximate surface area is 108 Å². The Kier molecular flexibility index (Phi) is 5.19. The predicted molar refractivity (Wildman–Crippen MR) is 66.0 cm³/mol. The number of aliphatic hydroxyl groups excluding tert-OH is 1. The van der Waals surface area contributed by atoms with Gasteiger partial charge in [-0.3, -0.25) is 4.79 Å². The van der Waals surface area contributed by atoms with E-state index in [1.807, 2.05) is 0 Å². The number of ether oxygens (including phenoxy) is 1. The monoisotopic (exact) mass is 264 g/mol. The molecule has 1 aliphatic heterocycles. The van der Waals surface area contributed by atoms with Crippen LogP contribution in [0.3, 0.4) is 0 Å². The Morgan fingerprint density at radius 3 is 2.71 bits per heavy atom. The van der Waals surface area contributed by atoms with Crippen LogP contribution in [0.2, 0.25) is 0 Å². The van der Waals surface area contributed by atoms with Gasteiger partial charge in [-0.25, -0.2) is 0 Å². The third-order valence-electron chi connectivity index (χ3n) is 3.55. The highest BCUT2D eigenvalue weighted by atomic mass is 35.5. The van der Waals surface area contributed by atoms with Crippen molar-refractivity contribution in [3.05, 3.63) is 0 Å². The van der Waals surface area contributed by atoms with E-state index < -0.39 is 5.54 Å². The van der Waals surface area contributed by atoms with Crippen LogP contribution in [-0.2, 0) is 9.53 Å². The molecule has 5 nitrogen and oxygen atoms in total. The molecule has 1 heterocycles. The van der Waals surface area contributed by atoms with Gasteiger partial charge in [0.25, 0.3) is 0 Å². The van der Waals surface area contributed by atoms with E-state index in [1.54, 1.807) is 4.90 Å². The Balaban J connectivity index is 0.00000144. The Bertz CT molecular complexity index is 269. The molecule has 2 rings (SSSR count). The van der Waals surface area contributed by atoms with Crippen LogP contribution in [0.25, 0.3) is 0 Å². The van der Waals surface area contributed by atoms with Gasteiger partial charge in [0, 0.05) is 13.1 Å². The summed E-state index contributed by atoms with van der Waals surface area (Å²) in [5.74, 6) is 0.0340.